The van der Waals surface area contributed by atoms with E-state index in [0.717, 1.165) is 0 Å². The maximum Gasteiger partial charge on any atom is 0.276 e. The van der Waals surface area contributed by atoms with Gasteiger partial charge in [-0.1, -0.05) is 0 Å². The number of nitrogens with zero attached hydrogens (tertiary/aromatic N) is 4. The quantitative estimate of drug-likeness (QED) is 0.803. The van der Waals surface area contributed by atoms with Crippen LogP contribution in [0.15, 0.2) is 24.8 Å². The van der Waals surface area contributed by atoms with Gasteiger partial charge in [-0.25, -0.2) is 4.98 Å². The van der Waals surface area contributed by atoms with Crippen LogP contribution in [-0.2, 0) is 11.3 Å². The number of rotatable bonds is 6. The van der Waals surface area contributed by atoms with E-state index in [1.165, 1.54) is 6.20 Å². The number of aromatic nitrogens is 4. The molecule has 0 aliphatic heterocycles. The Balaban J connectivity index is 2.01. The molecule has 0 saturated carbocycles. The van der Waals surface area contributed by atoms with Crippen LogP contribution >= 0.6 is 0 Å². The number of carbonyl (C=O) groups excluding carboxylic acids is 1. The zero-order chi connectivity index (χ0) is 14.4. The van der Waals surface area contributed by atoms with E-state index in [9.17, 15) is 4.79 Å². The molecule has 2 aromatic rings. The standard InChI is InChI=1S/C12H16N6O2/c1-13-11-7-14-6-10(17-11)12(19)16-9-5-15-18(8-9)3-4-20-2/h5-8H,3-4H2,1-2H3,(H,13,17)(H,16,19). The summed E-state index contributed by atoms with van der Waals surface area (Å²) in [4.78, 5) is 20.1. The van der Waals surface area contributed by atoms with Crippen LogP contribution in [0, 0.1) is 0 Å². The molecule has 2 aromatic heterocycles. The van der Waals surface area contributed by atoms with Crippen LogP contribution in [0.5, 0.6) is 0 Å². The van der Waals surface area contributed by atoms with Gasteiger partial charge in [-0.05, 0) is 0 Å². The fourth-order valence-corrected chi connectivity index (χ4v) is 1.53. The van der Waals surface area contributed by atoms with E-state index in [1.54, 1.807) is 37.4 Å². The zero-order valence-electron chi connectivity index (χ0n) is 11.3. The fourth-order valence-electron chi connectivity index (χ4n) is 1.53. The summed E-state index contributed by atoms with van der Waals surface area (Å²) in [5, 5.41) is 9.65. The third-order valence-corrected chi connectivity index (χ3v) is 2.54. The molecule has 2 rings (SSSR count). The second-order valence-electron chi connectivity index (χ2n) is 3.98. The minimum atomic E-state index is -0.333. The molecule has 0 aliphatic rings. The summed E-state index contributed by atoms with van der Waals surface area (Å²) < 4.78 is 6.65. The van der Waals surface area contributed by atoms with Crippen molar-refractivity contribution in [3.05, 3.63) is 30.5 Å². The molecule has 0 bridgehead atoms. The van der Waals surface area contributed by atoms with Crippen molar-refractivity contribution in [3.8, 4) is 0 Å². The predicted molar refractivity (Wildman–Crippen MR) is 73.6 cm³/mol. The Labute approximate surface area is 116 Å². The van der Waals surface area contributed by atoms with Gasteiger partial charge in [0.15, 0.2) is 0 Å². The minimum absolute atomic E-state index is 0.237. The third kappa shape index (κ3) is 3.51. The van der Waals surface area contributed by atoms with Crippen LogP contribution in [0.4, 0.5) is 11.5 Å². The molecule has 0 atom stereocenters. The Kier molecular flexibility index (Phi) is 4.61. The molecule has 0 fully saturated rings. The van der Waals surface area contributed by atoms with E-state index in [1.807, 2.05) is 0 Å². The average molecular weight is 276 g/mol. The normalized spacial score (nSPS) is 10.3. The molecule has 0 unspecified atom stereocenters. The number of nitrogens with one attached hydrogen (secondary N) is 2. The molecule has 0 radical (unpaired) electrons. The van der Waals surface area contributed by atoms with Crippen molar-refractivity contribution in [2.24, 2.45) is 0 Å². The SMILES string of the molecule is CNc1cncc(C(=O)Nc2cnn(CCOC)c2)n1. The molecule has 2 N–H and O–H groups in total. The summed E-state index contributed by atoms with van der Waals surface area (Å²) in [6.45, 7) is 1.19. The number of ether oxygens (including phenoxy) is 1. The Hall–Kier alpha value is -2.48. The molecule has 1 amide bonds. The molecular formula is C12H16N6O2. The van der Waals surface area contributed by atoms with Gasteiger partial charge in [-0.3, -0.25) is 14.5 Å². The Morgan fingerprint density at radius 1 is 1.40 bits per heavy atom. The molecule has 2 heterocycles. The molecular weight excluding hydrogens is 260 g/mol. The largest absolute Gasteiger partial charge is 0.383 e. The van der Waals surface area contributed by atoms with Gasteiger partial charge in [-0.15, -0.1) is 0 Å². The third-order valence-electron chi connectivity index (χ3n) is 2.54. The lowest BCUT2D eigenvalue weighted by atomic mass is 10.4. The summed E-state index contributed by atoms with van der Waals surface area (Å²) in [6, 6.07) is 0. The molecule has 0 spiro atoms. The average Bonchev–Trinajstić information content (AvgIpc) is 2.92. The monoisotopic (exact) mass is 276 g/mol. The van der Waals surface area contributed by atoms with Crippen LogP contribution in [0.1, 0.15) is 10.5 Å². The fraction of sp³-hybridized carbons (Fsp3) is 0.333. The van der Waals surface area contributed by atoms with Crippen LogP contribution in [0.3, 0.4) is 0 Å². The van der Waals surface area contributed by atoms with E-state index < -0.39 is 0 Å². The summed E-state index contributed by atoms with van der Waals surface area (Å²) in [5.41, 5.74) is 0.837. The lowest BCUT2D eigenvalue weighted by Gasteiger charge is -2.03. The van der Waals surface area contributed by atoms with Crippen LogP contribution in [0.2, 0.25) is 0 Å². The van der Waals surface area contributed by atoms with E-state index >= 15 is 0 Å². The van der Waals surface area contributed by atoms with Gasteiger partial charge in [0.2, 0.25) is 0 Å². The number of amides is 1. The van der Waals surface area contributed by atoms with E-state index in [2.05, 4.69) is 25.7 Å². The van der Waals surface area contributed by atoms with Crippen molar-refractivity contribution < 1.29 is 9.53 Å². The first-order chi connectivity index (χ1) is 9.72. The van der Waals surface area contributed by atoms with Crippen molar-refractivity contribution in [3.63, 3.8) is 0 Å². The lowest BCUT2D eigenvalue weighted by Crippen LogP contribution is -2.14. The minimum Gasteiger partial charge on any atom is -0.383 e. The predicted octanol–water partition coefficient (Wildman–Crippen LogP) is 0.613. The summed E-state index contributed by atoms with van der Waals surface area (Å²) in [7, 11) is 3.34. The Bertz CT molecular complexity index is 583. The van der Waals surface area contributed by atoms with Crippen molar-refractivity contribution in [2.45, 2.75) is 6.54 Å². The van der Waals surface area contributed by atoms with Gasteiger partial charge in [0, 0.05) is 20.4 Å². The second kappa shape index (κ2) is 6.62. The van der Waals surface area contributed by atoms with Crippen LogP contribution in [-0.4, -0.2) is 46.4 Å². The van der Waals surface area contributed by atoms with Gasteiger partial charge < -0.3 is 15.4 Å². The first-order valence-electron chi connectivity index (χ1n) is 6.05. The van der Waals surface area contributed by atoms with E-state index in [4.69, 9.17) is 4.74 Å². The van der Waals surface area contributed by atoms with Crippen molar-refractivity contribution in [2.75, 3.05) is 31.4 Å². The maximum atomic E-state index is 12.0. The van der Waals surface area contributed by atoms with E-state index in [0.29, 0.717) is 24.7 Å². The van der Waals surface area contributed by atoms with Crippen molar-refractivity contribution in [1.82, 2.24) is 19.7 Å². The van der Waals surface area contributed by atoms with E-state index in [-0.39, 0.29) is 11.6 Å². The molecule has 20 heavy (non-hydrogen) atoms. The molecule has 0 aromatic carbocycles. The molecule has 8 nitrogen and oxygen atoms in total. The second-order valence-corrected chi connectivity index (χ2v) is 3.98. The number of hydrogen-bond acceptors (Lipinski definition) is 6. The highest BCUT2D eigenvalue weighted by Crippen LogP contribution is 2.08. The molecule has 0 saturated heterocycles. The number of hydrogen-bond donors (Lipinski definition) is 2. The number of carbonyl (C=O) groups is 1. The first-order valence-corrected chi connectivity index (χ1v) is 6.05. The smallest absolute Gasteiger partial charge is 0.276 e. The lowest BCUT2D eigenvalue weighted by molar-refractivity contribution is 0.102. The van der Waals surface area contributed by atoms with Gasteiger partial charge >= 0.3 is 0 Å². The van der Waals surface area contributed by atoms with Gasteiger partial charge in [-0.2, -0.15) is 5.10 Å². The highest BCUT2D eigenvalue weighted by Gasteiger charge is 2.10. The van der Waals surface area contributed by atoms with Crippen molar-refractivity contribution in [1.29, 1.82) is 0 Å². The Morgan fingerprint density at radius 3 is 3.00 bits per heavy atom. The Morgan fingerprint density at radius 2 is 2.25 bits per heavy atom. The van der Waals surface area contributed by atoms with Gasteiger partial charge in [0.05, 0.1) is 37.4 Å². The highest BCUT2D eigenvalue weighted by molar-refractivity contribution is 6.02. The molecule has 106 valence electrons. The van der Waals surface area contributed by atoms with Gasteiger partial charge in [0.1, 0.15) is 11.5 Å². The first kappa shape index (κ1) is 13.9. The summed E-state index contributed by atoms with van der Waals surface area (Å²) in [6.07, 6.45) is 6.25. The highest BCUT2D eigenvalue weighted by atomic mass is 16.5. The number of methoxy groups -OCH3 is 1. The van der Waals surface area contributed by atoms with Gasteiger partial charge in [0.25, 0.3) is 5.91 Å². The zero-order valence-corrected chi connectivity index (χ0v) is 11.3. The van der Waals surface area contributed by atoms with Crippen LogP contribution < -0.4 is 10.6 Å². The topological polar surface area (TPSA) is 94.0 Å². The number of anilines is 2. The van der Waals surface area contributed by atoms with Crippen molar-refractivity contribution >= 4 is 17.4 Å². The summed E-state index contributed by atoms with van der Waals surface area (Å²) >= 11 is 0. The molecule has 0 aliphatic carbocycles. The molecule has 8 heteroatoms. The summed E-state index contributed by atoms with van der Waals surface area (Å²) in [5.74, 6) is 0.203. The maximum absolute atomic E-state index is 12.0. The van der Waals surface area contributed by atoms with Crippen LogP contribution in [0.25, 0.3) is 0 Å².